The van der Waals surface area contributed by atoms with E-state index < -0.39 is 18.8 Å². The smallest absolute Gasteiger partial charge is 0.411 e. The van der Waals surface area contributed by atoms with E-state index in [-0.39, 0.29) is 6.61 Å². The predicted octanol–water partition coefficient (Wildman–Crippen LogP) is 3.17. The first-order chi connectivity index (χ1) is 9.40. The number of hydrogen-bond donors (Lipinski definition) is 2. The number of furan rings is 1. The Labute approximate surface area is 117 Å². The van der Waals surface area contributed by atoms with Crippen molar-refractivity contribution in [2.45, 2.75) is 12.2 Å². The topological polar surface area (TPSA) is 60.4 Å². The van der Waals surface area contributed by atoms with Gasteiger partial charge in [-0.25, -0.2) is 5.43 Å². The molecule has 8 heteroatoms. The van der Waals surface area contributed by atoms with Crippen LogP contribution in [0.2, 0.25) is 5.02 Å². The zero-order valence-corrected chi connectivity index (χ0v) is 11.0. The lowest BCUT2D eigenvalue weighted by molar-refractivity contribution is -0.175. The molecule has 0 fully saturated rings. The van der Waals surface area contributed by atoms with Crippen LogP contribution in [0.3, 0.4) is 0 Å². The van der Waals surface area contributed by atoms with E-state index in [1.165, 1.54) is 0 Å². The lowest BCUT2D eigenvalue weighted by Crippen LogP contribution is -2.32. The fourth-order valence-corrected chi connectivity index (χ4v) is 1.94. The molecule has 4 nitrogen and oxygen atoms in total. The predicted molar refractivity (Wildman–Crippen MR) is 68.2 cm³/mol. The van der Waals surface area contributed by atoms with Crippen LogP contribution in [0.4, 0.5) is 13.2 Å². The molecule has 2 aromatic rings. The number of fused-ring (bicyclic) bond motifs is 1. The van der Waals surface area contributed by atoms with E-state index in [2.05, 4.69) is 10.2 Å². The molecule has 0 aliphatic heterocycles. The molecule has 1 unspecified atom stereocenters. The minimum atomic E-state index is -4.38. The van der Waals surface area contributed by atoms with Crippen molar-refractivity contribution in [1.82, 2.24) is 5.43 Å². The van der Waals surface area contributed by atoms with Crippen LogP contribution in [-0.4, -0.2) is 19.4 Å². The van der Waals surface area contributed by atoms with Crippen molar-refractivity contribution in [3.8, 4) is 0 Å². The van der Waals surface area contributed by atoms with Crippen LogP contribution in [0, 0.1) is 0 Å². The Kier molecular flexibility index (Phi) is 4.54. The van der Waals surface area contributed by atoms with Crippen molar-refractivity contribution >= 4 is 22.6 Å². The molecule has 1 heterocycles. The zero-order valence-electron chi connectivity index (χ0n) is 10.2. The molecule has 20 heavy (non-hydrogen) atoms. The lowest BCUT2D eigenvalue weighted by atomic mass is 10.2. The van der Waals surface area contributed by atoms with Gasteiger partial charge in [-0.05, 0) is 12.1 Å². The Morgan fingerprint density at radius 1 is 1.40 bits per heavy atom. The van der Waals surface area contributed by atoms with Gasteiger partial charge in [-0.1, -0.05) is 23.7 Å². The SMILES string of the molecule is NNC(COCC(F)(F)F)c1cc2cccc(Cl)c2o1. The van der Waals surface area contributed by atoms with Gasteiger partial charge in [0, 0.05) is 5.39 Å². The fourth-order valence-electron chi connectivity index (χ4n) is 1.72. The number of hydrazine groups is 1. The number of hydrogen-bond acceptors (Lipinski definition) is 4. The van der Waals surface area contributed by atoms with Crippen molar-refractivity contribution in [2.75, 3.05) is 13.2 Å². The second-order valence-electron chi connectivity index (χ2n) is 4.16. The normalized spacial score (nSPS) is 13.8. The summed E-state index contributed by atoms with van der Waals surface area (Å²) in [5.41, 5.74) is 2.81. The van der Waals surface area contributed by atoms with E-state index >= 15 is 0 Å². The maximum Gasteiger partial charge on any atom is 0.411 e. The van der Waals surface area contributed by atoms with Crippen LogP contribution in [0.25, 0.3) is 11.0 Å². The summed E-state index contributed by atoms with van der Waals surface area (Å²) >= 11 is 5.96. The van der Waals surface area contributed by atoms with Crippen LogP contribution in [0.1, 0.15) is 11.8 Å². The highest BCUT2D eigenvalue weighted by molar-refractivity contribution is 6.34. The molecule has 0 saturated heterocycles. The van der Waals surface area contributed by atoms with E-state index in [1.807, 2.05) is 0 Å². The average Bonchev–Trinajstić information content (AvgIpc) is 2.78. The summed E-state index contributed by atoms with van der Waals surface area (Å²) < 4.78 is 46.1. The standard InChI is InChI=1S/C12H12ClF3N2O2/c13-8-3-1-2-7-4-10(20-11(7)8)9(18-17)5-19-6-12(14,15)16/h1-4,9,18H,5-6,17H2. The molecule has 0 radical (unpaired) electrons. The average molecular weight is 309 g/mol. The number of nitrogens with two attached hydrogens (primary N) is 1. The van der Waals surface area contributed by atoms with Gasteiger partial charge in [0.15, 0.2) is 5.58 Å². The second-order valence-corrected chi connectivity index (χ2v) is 4.56. The van der Waals surface area contributed by atoms with Crippen LogP contribution in [-0.2, 0) is 4.74 Å². The molecule has 2 rings (SSSR count). The fraction of sp³-hybridized carbons (Fsp3) is 0.333. The van der Waals surface area contributed by atoms with Gasteiger partial charge in [0.2, 0.25) is 0 Å². The second kappa shape index (κ2) is 6.01. The molecule has 0 spiro atoms. The molecule has 110 valence electrons. The highest BCUT2D eigenvalue weighted by Crippen LogP contribution is 2.29. The van der Waals surface area contributed by atoms with Gasteiger partial charge >= 0.3 is 6.18 Å². The monoisotopic (exact) mass is 308 g/mol. The number of alkyl halides is 3. The van der Waals surface area contributed by atoms with E-state index in [0.29, 0.717) is 16.4 Å². The Hall–Kier alpha value is -1.28. The summed E-state index contributed by atoms with van der Waals surface area (Å²) in [5, 5.41) is 1.16. The van der Waals surface area contributed by atoms with Crippen molar-refractivity contribution in [3.63, 3.8) is 0 Å². The van der Waals surface area contributed by atoms with Gasteiger partial charge in [0.05, 0.1) is 11.6 Å². The third-order valence-corrected chi connectivity index (χ3v) is 2.91. The third kappa shape index (κ3) is 3.63. The molecule has 1 aromatic carbocycles. The molecule has 0 amide bonds. The largest absolute Gasteiger partial charge is 0.458 e. The number of ether oxygens (including phenoxy) is 1. The summed E-state index contributed by atoms with van der Waals surface area (Å²) in [6.07, 6.45) is -4.38. The number of rotatable bonds is 5. The number of halogens is 4. The first-order valence-electron chi connectivity index (χ1n) is 5.69. The number of para-hydroxylation sites is 1. The van der Waals surface area contributed by atoms with Crippen molar-refractivity contribution in [1.29, 1.82) is 0 Å². The number of nitrogens with one attached hydrogen (secondary N) is 1. The van der Waals surface area contributed by atoms with Crippen LogP contribution < -0.4 is 11.3 Å². The van der Waals surface area contributed by atoms with Gasteiger partial charge in [0.1, 0.15) is 18.4 Å². The summed E-state index contributed by atoms with van der Waals surface area (Å²) in [4.78, 5) is 0. The molecule has 1 aromatic heterocycles. The first-order valence-corrected chi connectivity index (χ1v) is 6.07. The summed E-state index contributed by atoms with van der Waals surface area (Å²) in [6.45, 7) is -1.61. The van der Waals surface area contributed by atoms with Gasteiger partial charge in [-0.15, -0.1) is 0 Å². The highest BCUT2D eigenvalue weighted by Gasteiger charge is 2.28. The molecule has 0 aliphatic rings. The molecule has 1 atom stereocenters. The Morgan fingerprint density at radius 2 is 2.15 bits per heavy atom. The Balaban J connectivity index is 2.11. The molecule has 3 N–H and O–H groups in total. The van der Waals surface area contributed by atoms with Crippen LogP contribution in [0.15, 0.2) is 28.7 Å². The van der Waals surface area contributed by atoms with Crippen molar-refractivity contribution < 1.29 is 22.3 Å². The molecular formula is C12H12ClF3N2O2. The van der Waals surface area contributed by atoms with Gasteiger partial charge in [-0.3, -0.25) is 5.84 Å². The maximum atomic E-state index is 12.0. The molecule has 0 bridgehead atoms. The van der Waals surface area contributed by atoms with Crippen molar-refractivity contribution in [2.24, 2.45) is 5.84 Å². The summed E-state index contributed by atoms with van der Waals surface area (Å²) in [5.74, 6) is 5.67. The maximum absolute atomic E-state index is 12.0. The zero-order chi connectivity index (χ0) is 14.8. The van der Waals surface area contributed by atoms with E-state index in [4.69, 9.17) is 21.9 Å². The van der Waals surface area contributed by atoms with Crippen LogP contribution in [0.5, 0.6) is 0 Å². The van der Waals surface area contributed by atoms with E-state index in [1.54, 1.807) is 24.3 Å². The van der Waals surface area contributed by atoms with E-state index in [0.717, 1.165) is 5.39 Å². The van der Waals surface area contributed by atoms with Crippen molar-refractivity contribution in [3.05, 3.63) is 35.0 Å². The summed E-state index contributed by atoms with van der Waals surface area (Å²) in [6, 6.07) is 6.14. The quantitative estimate of drug-likeness (QED) is 0.658. The van der Waals surface area contributed by atoms with Crippen LogP contribution >= 0.6 is 11.6 Å². The van der Waals surface area contributed by atoms with E-state index in [9.17, 15) is 13.2 Å². The Morgan fingerprint density at radius 3 is 2.75 bits per heavy atom. The van der Waals surface area contributed by atoms with Gasteiger partial charge in [-0.2, -0.15) is 13.2 Å². The highest BCUT2D eigenvalue weighted by atomic mass is 35.5. The molecule has 0 saturated carbocycles. The molecule has 0 aliphatic carbocycles. The molecular weight excluding hydrogens is 297 g/mol. The first kappa shape index (κ1) is 15.1. The Bertz CT molecular complexity index is 586. The minimum Gasteiger partial charge on any atom is -0.458 e. The van der Waals surface area contributed by atoms with Gasteiger partial charge in [0.25, 0.3) is 0 Å². The van der Waals surface area contributed by atoms with Gasteiger partial charge < -0.3 is 9.15 Å². The third-order valence-electron chi connectivity index (χ3n) is 2.61. The minimum absolute atomic E-state index is 0.270. The number of benzene rings is 1. The lowest BCUT2D eigenvalue weighted by Gasteiger charge is -2.14. The summed E-state index contributed by atoms with van der Waals surface area (Å²) in [7, 11) is 0.